The number of aromatic hydroxyl groups is 1. The highest BCUT2D eigenvalue weighted by atomic mass is 16.9. The number of nitrogens with two attached hydrogens (primary N) is 1. The maximum Gasteiger partial charge on any atom is 0.339 e. The van der Waals surface area contributed by atoms with E-state index in [0.29, 0.717) is 67.7 Å². The molecule has 0 aliphatic heterocycles. The van der Waals surface area contributed by atoms with Crippen molar-refractivity contribution < 1.29 is 72.1 Å². The number of ether oxygens (including phenoxy) is 6. The van der Waals surface area contributed by atoms with Crippen molar-refractivity contribution in [3.8, 4) is 5.75 Å². The summed E-state index contributed by atoms with van der Waals surface area (Å²) in [6.07, 6.45) is 1.23. The van der Waals surface area contributed by atoms with E-state index in [2.05, 4.69) is 9.97 Å². The molecule has 0 bridgehead atoms. The van der Waals surface area contributed by atoms with Gasteiger partial charge in [-0.15, -0.1) is 0 Å². The van der Waals surface area contributed by atoms with Gasteiger partial charge in [-0.1, -0.05) is 18.2 Å². The third-order valence-electron chi connectivity index (χ3n) is 6.76. The predicted octanol–water partition coefficient (Wildman–Crippen LogP) is 7.18. The van der Waals surface area contributed by atoms with Crippen molar-refractivity contribution in [2.75, 3.05) is 45.4 Å². The molecule has 18 nitrogen and oxygen atoms in total. The minimum absolute atomic E-state index is 0.0740. The van der Waals surface area contributed by atoms with E-state index in [-0.39, 0.29) is 28.1 Å². The third kappa shape index (κ3) is 17.0. The molecule has 18 heteroatoms. The van der Waals surface area contributed by atoms with E-state index in [9.17, 15) is 14.4 Å². The Hall–Kier alpha value is -5.63. The van der Waals surface area contributed by atoms with Gasteiger partial charge in [-0.2, -0.15) is 0 Å². The number of carboxylic acid groups (broad SMARTS) is 3. The summed E-state index contributed by atoms with van der Waals surface area (Å²) in [6, 6.07) is 13.9. The molecule has 0 unspecified atom stereocenters. The van der Waals surface area contributed by atoms with Crippen LogP contribution < -0.4 is 5.73 Å². The van der Waals surface area contributed by atoms with Crippen LogP contribution in [0.5, 0.6) is 5.75 Å². The second-order valence-corrected chi connectivity index (χ2v) is 10.9. The second kappa shape index (κ2) is 26.3. The Balaban J connectivity index is 0.000000358. The normalized spacial score (nSPS) is 10.6. The molecule has 0 aliphatic carbocycles. The highest BCUT2D eigenvalue weighted by Gasteiger charge is 2.24. The maximum absolute atomic E-state index is 10.7. The summed E-state index contributed by atoms with van der Waals surface area (Å²) in [5, 5.41) is 35.1. The molecule has 0 spiro atoms. The van der Waals surface area contributed by atoms with E-state index in [0.717, 1.165) is 0 Å². The molecule has 0 fully saturated rings. The molecule has 2 heterocycles. The molecule has 0 saturated carbocycles. The van der Waals surface area contributed by atoms with Crippen LogP contribution in [0.15, 0.2) is 69.8 Å². The number of benzene rings is 3. The number of anilines is 1. The first kappa shape index (κ1) is 49.4. The Bertz CT molecular complexity index is 1910. The number of fused-ring (bicyclic) bond motifs is 2. The van der Waals surface area contributed by atoms with Gasteiger partial charge in [0, 0.05) is 53.5 Å². The lowest BCUT2D eigenvalue weighted by Gasteiger charge is -2.27. The quantitative estimate of drug-likeness (QED) is 0.0398. The van der Waals surface area contributed by atoms with Crippen LogP contribution in [-0.2, 0) is 28.4 Å². The van der Waals surface area contributed by atoms with Gasteiger partial charge in [0.05, 0.1) is 5.69 Å². The van der Waals surface area contributed by atoms with E-state index in [1.54, 1.807) is 38.1 Å². The fourth-order valence-corrected chi connectivity index (χ4v) is 4.48. The average molecular weight is 804 g/mol. The molecular formula is C39H53N3O15. The number of hydrogen-bond acceptors (Lipinski definition) is 15. The van der Waals surface area contributed by atoms with Gasteiger partial charge in [0.25, 0.3) is 12.4 Å². The van der Waals surface area contributed by atoms with Gasteiger partial charge >= 0.3 is 17.9 Å². The minimum Gasteiger partial charge on any atom is -0.505 e. The lowest BCUT2D eigenvalue weighted by molar-refractivity contribution is -0.365. The number of nitrogens with zero attached hydrogens (tertiary/aromatic N) is 2. The zero-order valence-corrected chi connectivity index (χ0v) is 33.3. The smallest absolute Gasteiger partial charge is 0.339 e. The molecular weight excluding hydrogens is 750 g/mol. The highest BCUT2D eigenvalue weighted by molar-refractivity contribution is 6.00. The summed E-state index contributed by atoms with van der Waals surface area (Å²) in [7, 11) is 0. The lowest BCUT2D eigenvalue weighted by atomic mass is 10.2. The molecule has 5 rings (SSSR count). The van der Waals surface area contributed by atoms with Crippen LogP contribution in [0.2, 0.25) is 0 Å². The standard InChI is InChI=1S/C9H7NO3.C8H5NO3.C8H18O3.C7H7NO3.C7H16O3/c1-5-10-7-4-2-3-6(9(11)12)8(7)13-5;10-8(11)5-2-1-3-6-7(5)12-4-9-6;1-5-9-8(4,10-6-2)11-7-3;8-5-3-1-2-4(6(5)9)7(10)11;1-4-8-7(9-5-2)10-6-3/h2-4H,1H3,(H,11,12);1-4H,(H,10,11);5-7H2,1-4H3;1-3,9H,8H2,(H,10,11);7H,4-6H2,1-3H3. The van der Waals surface area contributed by atoms with E-state index in [1.807, 2.05) is 41.5 Å². The monoisotopic (exact) mass is 803 g/mol. The van der Waals surface area contributed by atoms with E-state index < -0.39 is 30.4 Å². The number of aryl methyl sites for hydroxylation is 1. The van der Waals surface area contributed by atoms with Gasteiger partial charge in [0.1, 0.15) is 27.7 Å². The number of rotatable bonds is 15. The third-order valence-corrected chi connectivity index (χ3v) is 6.76. The topological polar surface area (TPSA) is 266 Å². The lowest BCUT2D eigenvalue weighted by Crippen LogP contribution is -2.35. The van der Waals surface area contributed by atoms with Gasteiger partial charge in [-0.05, 0) is 77.9 Å². The summed E-state index contributed by atoms with van der Waals surface area (Å²) in [5.74, 6) is -3.93. The van der Waals surface area contributed by atoms with E-state index in [4.69, 9.17) is 63.4 Å². The van der Waals surface area contributed by atoms with Crippen molar-refractivity contribution in [3.63, 3.8) is 0 Å². The van der Waals surface area contributed by atoms with E-state index >= 15 is 0 Å². The molecule has 0 saturated heterocycles. The van der Waals surface area contributed by atoms with Crippen molar-refractivity contribution in [2.24, 2.45) is 0 Å². The number of hydrogen-bond donors (Lipinski definition) is 5. The molecule has 2 aromatic heterocycles. The van der Waals surface area contributed by atoms with Gasteiger partial charge in [0.15, 0.2) is 29.2 Å². The Morgan fingerprint density at radius 2 is 1.12 bits per heavy atom. The number of carbonyl (C=O) groups is 3. The molecule has 0 aliphatic rings. The van der Waals surface area contributed by atoms with Gasteiger partial charge in [-0.25, -0.2) is 24.4 Å². The fraction of sp³-hybridized carbons (Fsp3) is 0.410. The van der Waals surface area contributed by atoms with Crippen molar-refractivity contribution in [1.29, 1.82) is 0 Å². The van der Waals surface area contributed by atoms with Crippen LogP contribution in [0.4, 0.5) is 5.69 Å². The number of para-hydroxylation sites is 3. The zero-order valence-electron chi connectivity index (χ0n) is 33.3. The van der Waals surface area contributed by atoms with Gasteiger partial charge in [0.2, 0.25) is 0 Å². The van der Waals surface area contributed by atoms with Crippen LogP contribution in [0.1, 0.15) is 85.4 Å². The number of nitrogen functional groups attached to an aromatic ring is 1. The number of aromatic carboxylic acids is 3. The Kier molecular flexibility index (Phi) is 22.8. The zero-order chi connectivity index (χ0) is 43.0. The second-order valence-electron chi connectivity index (χ2n) is 10.9. The SMILES string of the molecule is CCOC(C)(OCC)OCC.CCOC(OCC)OCC.Cc1nc2cccc(C(=O)O)c2o1.Nc1cccc(C(=O)O)c1O.O=C(O)c1cccc2ncoc12. The summed E-state index contributed by atoms with van der Waals surface area (Å²) < 4.78 is 41.1. The highest BCUT2D eigenvalue weighted by Crippen LogP contribution is 2.24. The summed E-state index contributed by atoms with van der Waals surface area (Å²) in [4.78, 5) is 39.6. The number of aromatic nitrogens is 2. The van der Waals surface area contributed by atoms with Crippen LogP contribution in [-0.4, -0.2) is 100 Å². The number of phenols is 1. The van der Waals surface area contributed by atoms with Crippen LogP contribution in [0.3, 0.4) is 0 Å². The summed E-state index contributed by atoms with van der Waals surface area (Å²) in [6.45, 7) is 18.1. The molecule has 0 radical (unpaired) electrons. The molecule has 0 amide bonds. The largest absolute Gasteiger partial charge is 0.505 e. The van der Waals surface area contributed by atoms with Crippen molar-refractivity contribution in [2.45, 2.75) is 67.8 Å². The van der Waals surface area contributed by atoms with Gasteiger partial charge in [-0.3, -0.25) is 0 Å². The van der Waals surface area contributed by atoms with E-state index in [1.165, 1.54) is 36.7 Å². The van der Waals surface area contributed by atoms with Crippen molar-refractivity contribution >= 4 is 45.8 Å². The first-order valence-electron chi connectivity index (χ1n) is 17.8. The first-order valence-corrected chi connectivity index (χ1v) is 17.8. The molecule has 5 aromatic rings. The molecule has 6 N–H and O–H groups in total. The Labute approximate surface area is 330 Å². The fourth-order valence-electron chi connectivity index (χ4n) is 4.48. The maximum atomic E-state index is 10.7. The number of carboxylic acids is 3. The van der Waals surface area contributed by atoms with Crippen LogP contribution >= 0.6 is 0 Å². The Morgan fingerprint density at radius 3 is 1.56 bits per heavy atom. The molecule has 3 aromatic carbocycles. The van der Waals surface area contributed by atoms with Crippen LogP contribution in [0, 0.1) is 6.92 Å². The molecule has 0 atom stereocenters. The van der Waals surface area contributed by atoms with Crippen molar-refractivity contribution in [1.82, 2.24) is 9.97 Å². The Morgan fingerprint density at radius 1 is 0.684 bits per heavy atom. The number of oxazole rings is 2. The minimum atomic E-state index is -1.19. The van der Waals surface area contributed by atoms with Crippen molar-refractivity contribution in [3.05, 3.63) is 83.6 Å². The predicted molar refractivity (Wildman–Crippen MR) is 208 cm³/mol. The molecule has 57 heavy (non-hydrogen) atoms. The molecule has 314 valence electrons. The average Bonchev–Trinajstić information content (AvgIpc) is 3.80. The summed E-state index contributed by atoms with van der Waals surface area (Å²) in [5.41, 5.74) is 7.25. The first-order chi connectivity index (χ1) is 27.1. The van der Waals surface area contributed by atoms with Gasteiger partial charge < -0.3 is 63.4 Å². The van der Waals surface area contributed by atoms with Crippen LogP contribution in [0.25, 0.3) is 22.2 Å². The summed E-state index contributed by atoms with van der Waals surface area (Å²) >= 11 is 0.